The van der Waals surface area contributed by atoms with Crippen LogP contribution in [-0.2, 0) is 6.42 Å². The molecule has 1 rings (SSSR count). The average Bonchev–Trinajstić information content (AvgIpc) is 2.06. The molecule has 0 aliphatic rings. The molecule has 1 aromatic rings. The Morgan fingerprint density at radius 1 is 1.25 bits per heavy atom. The van der Waals surface area contributed by atoms with E-state index in [0.717, 1.165) is 0 Å². The molecule has 0 atom stereocenters. The van der Waals surface area contributed by atoms with E-state index in [1.54, 1.807) is 0 Å². The van der Waals surface area contributed by atoms with Crippen LogP contribution in [0.15, 0.2) is 24.3 Å². The Morgan fingerprint density at radius 2 is 1.83 bits per heavy atom. The molecule has 1 radical (unpaired) electrons. The van der Waals surface area contributed by atoms with Crippen LogP contribution in [0.3, 0.4) is 0 Å². The number of benzene rings is 1. The standard InChI is InChI=1S/C9H8F3/c10-7-9(11,12)6-8-4-2-1-3-5-8/h2-5H,6-7H2. The molecule has 0 amide bonds. The van der Waals surface area contributed by atoms with Gasteiger partial charge in [-0.15, -0.1) is 0 Å². The minimum absolute atomic E-state index is 0.427. The molecular weight excluding hydrogens is 165 g/mol. The zero-order valence-electron chi connectivity index (χ0n) is 6.36. The fourth-order valence-corrected chi connectivity index (χ4v) is 0.885. The third kappa shape index (κ3) is 2.57. The number of halogens is 3. The van der Waals surface area contributed by atoms with Gasteiger partial charge in [-0.05, 0) is 11.6 Å². The zero-order valence-corrected chi connectivity index (χ0v) is 6.36. The van der Waals surface area contributed by atoms with Gasteiger partial charge < -0.3 is 0 Å². The maximum absolute atomic E-state index is 12.5. The van der Waals surface area contributed by atoms with E-state index in [9.17, 15) is 13.2 Å². The first-order valence-corrected chi connectivity index (χ1v) is 3.53. The minimum atomic E-state index is -3.23. The predicted molar refractivity (Wildman–Crippen MR) is 39.9 cm³/mol. The van der Waals surface area contributed by atoms with Crippen molar-refractivity contribution in [2.24, 2.45) is 0 Å². The third-order valence-electron chi connectivity index (χ3n) is 1.45. The predicted octanol–water partition coefficient (Wildman–Crippen LogP) is 2.63. The third-order valence-corrected chi connectivity index (χ3v) is 1.45. The van der Waals surface area contributed by atoms with Gasteiger partial charge in [-0.3, -0.25) is 0 Å². The van der Waals surface area contributed by atoms with Gasteiger partial charge in [-0.1, -0.05) is 24.3 Å². The van der Waals surface area contributed by atoms with E-state index < -0.39 is 19.0 Å². The summed E-state index contributed by atoms with van der Waals surface area (Å²) in [7, 11) is 0. The molecule has 0 aromatic heterocycles. The van der Waals surface area contributed by atoms with Crippen molar-refractivity contribution in [1.29, 1.82) is 0 Å². The van der Waals surface area contributed by atoms with Gasteiger partial charge in [0, 0.05) is 6.42 Å². The molecule has 1 aromatic carbocycles. The molecule has 0 saturated heterocycles. The molecule has 0 spiro atoms. The molecule has 0 unspecified atom stereocenters. The number of alkyl halides is 3. The van der Waals surface area contributed by atoms with Gasteiger partial charge in [0.2, 0.25) is 0 Å². The van der Waals surface area contributed by atoms with E-state index >= 15 is 0 Å². The highest BCUT2D eigenvalue weighted by Gasteiger charge is 2.28. The summed E-state index contributed by atoms with van der Waals surface area (Å²) in [6.45, 7) is -1.61. The van der Waals surface area contributed by atoms with Crippen LogP contribution in [0.4, 0.5) is 13.2 Å². The lowest BCUT2D eigenvalue weighted by Gasteiger charge is -2.11. The highest BCUT2D eigenvalue weighted by molar-refractivity contribution is 5.15. The summed E-state index contributed by atoms with van der Waals surface area (Å²) in [5, 5.41) is 0. The van der Waals surface area contributed by atoms with Crippen LogP contribution < -0.4 is 0 Å². The number of hydrogen-bond donors (Lipinski definition) is 0. The van der Waals surface area contributed by atoms with Gasteiger partial charge in [0.15, 0.2) is 6.67 Å². The average molecular weight is 173 g/mol. The molecule has 0 nitrogen and oxygen atoms in total. The highest BCUT2D eigenvalue weighted by atomic mass is 19.3. The van der Waals surface area contributed by atoms with Gasteiger partial charge in [-0.25, -0.2) is 13.2 Å². The molecule has 0 aliphatic heterocycles. The van der Waals surface area contributed by atoms with Gasteiger partial charge in [0.1, 0.15) is 0 Å². The summed E-state index contributed by atoms with van der Waals surface area (Å²) >= 11 is 0. The van der Waals surface area contributed by atoms with E-state index in [2.05, 4.69) is 6.07 Å². The van der Waals surface area contributed by atoms with Crippen molar-refractivity contribution in [2.75, 3.05) is 6.67 Å². The minimum Gasteiger partial charge on any atom is -0.244 e. The monoisotopic (exact) mass is 173 g/mol. The van der Waals surface area contributed by atoms with Crippen LogP contribution in [0, 0.1) is 6.07 Å². The normalized spacial score (nSPS) is 11.6. The fourth-order valence-electron chi connectivity index (χ4n) is 0.885. The summed E-state index contributed by atoms with van der Waals surface area (Å²) < 4.78 is 36.6. The van der Waals surface area contributed by atoms with E-state index in [1.165, 1.54) is 24.3 Å². The second-order valence-electron chi connectivity index (χ2n) is 2.57. The molecule has 0 bridgehead atoms. The highest BCUT2D eigenvalue weighted by Crippen LogP contribution is 2.19. The molecular formula is C9H8F3. The molecule has 12 heavy (non-hydrogen) atoms. The van der Waals surface area contributed by atoms with Gasteiger partial charge >= 0.3 is 0 Å². The molecule has 65 valence electrons. The Morgan fingerprint density at radius 3 is 2.33 bits per heavy atom. The van der Waals surface area contributed by atoms with Crippen LogP contribution in [0.5, 0.6) is 0 Å². The maximum Gasteiger partial charge on any atom is 0.279 e. The molecule has 0 saturated carbocycles. The lowest BCUT2D eigenvalue weighted by atomic mass is 10.1. The van der Waals surface area contributed by atoms with Crippen molar-refractivity contribution in [3.05, 3.63) is 35.9 Å². The zero-order chi connectivity index (χ0) is 9.03. The van der Waals surface area contributed by atoms with Crippen LogP contribution in [0.1, 0.15) is 5.56 Å². The molecule has 0 aliphatic carbocycles. The Bertz CT molecular complexity index is 231. The van der Waals surface area contributed by atoms with Crippen molar-refractivity contribution in [1.82, 2.24) is 0 Å². The van der Waals surface area contributed by atoms with E-state index in [4.69, 9.17) is 0 Å². The Labute approximate surface area is 69.0 Å². The fraction of sp³-hybridized carbons (Fsp3) is 0.333. The summed E-state index contributed by atoms with van der Waals surface area (Å²) in [5.41, 5.74) is 0.427. The first-order valence-electron chi connectivity index (χ1n) is 3.53. The van der Waals surface area contributed by atoms with Crippen LogP contribution in [0.2, 0.25) is 0 Å². The number of hydrogen-bond acceptors (Lipinski definition) is 0. The topological polar surface area (TPSA) is 0 Å². The largest absolute Gasteiger partial charge is 0.279 e. The van der Waals surface area contributed by atoms with Gasteiger partial charge in [-0.2, -0.15) is 0 Å². The molecule has 0 N–H and O–H groups in total. The maximum atomic E-state index is 12.5. The molecule has 0 heterocycles. The summed E-state index contributed by atoms with van der Waals surface area (Å²) in [6, 6.07) is 8.77. The SMILES string of the molecule is FCC(F)(F)Cc1cc[c]cc1. The first-order chi connectivity index (χ1) is 5.64. The summed E-state index contributed by atoms with van der Waals surface area (Å²) in [4.78, 5) is 0. The Hall–Kier alpha value is -0.990. The van der Waals surface area contributed by atoms with E-state index in [-0.39, 0.29) is 0 Å². The van der Waals surface area contributed by atoms with Crippen LogP contribution in [-0.4, -0.2) is 12.6 Å². The number of rotatable bonds is 3. The second-order valence-corrected chi connectivity index (χ2v) is 2.57. The smallest absolute Gasteiger partial charge is 0.244 e. The van der Waals surface area contributed by atoms with Crippen molar-refractivity contribution >= 4 is 0 Å². The van der Waals surface area contributed by atoms with Gasteiger partial charge in [0.25, 0.3) is 5.92 Å². The van der Waals surface area contributed by atoms with Crippen LogP contribution >= 0.6 is 0 Å². The van der Waals surface area contributed by atoms with Gasteiger partial charge in [0.05, 0.1) is 0 Å². The quantitative estimate of drug-likeness (QED) is 0.659. The Balaban J connectivity index is 2.64. The lowest BCUT2D eigenvalue weighted by Crippen LogP contribution is -2.21. The first kappa shape index (κ1) is 9.10. The van der Waals surface area contributed by atoms with Crippen molar-refractivity contribution in [2.45, 2.75) is 12.3 Å². The van der Waals surface area contributed by atoms with E-state index in [1.807, 2.05) is 0 Å². The Kier molecular flexibility index (Phi) is 2.74. The van der Waals surface area contributed by atoms with Crippen molar-refractivity contribution in [3.8, 4) is 0 Å². The van der Waals surface area contributed by atoms with E-state index in [0.29, 0.717) is 5.56 Å². The lowest BCUT2D eigenvalue weighted by molar-refractivity contribution is -0.0216. The molecule has 3 heteroatoms. The van der Waals surface area contributed by atoms with Crippen molar-refractivity contribution in [3.63, 3.8) is 0 Å². The summed E-state index contributed by atoms with van der Waals surface area (Å²) in [5.74, 6) is -3.23. The van der Waals surface area contributed by atoms with Crippen LogP contribution in [0.25, 0.3) is 0 Å². The second kappa shape index (κ2) is 3.61. The summed E-state index contributed by atoms with van der Waals surface area (Å²) in [6.07, 6.45) is -0.543. The van der Waals surface area contributed by atoms with Crippen molar-refractivity contribution < 1.29 is 13.2 Å². The molecule has 0 fully saturated rings.